The van der Waals surface area contributed by atoms with E-state index >= 15 is 0 Å². The number of hydrogen-bond donors (Lipinski definition) is 3. The number of rotatable bonds is 5. The maximum atomic E-state index is 13.6. The van der Waals surface area contributed by atoms with E-state index in [1.165, 1.54) is 12.1 Å². The average Bonchev–Trinajstić information content (AvgIpc) is 2.62. The lowest BCUT2D eigenvalue weighted by Crippen LogP contribution is -2.52. The third kappa shape index (κ3) is 4.88. The van der Waals surface area contributed by atoms with Gasteiger partial charge < -0.3 is 16.4 Å². The number of carbonyl (C=O) groups is 1. The van der Waals surface area contributed by atoms with Crippen LogP contribution in [0.5, 0.6) is 0 Å². The Hall–Kier alpha value is -2.44. The number of benzene rings is 1. The van der Waals surface area contributed by atoms with Crippen LogP contribution in [0.1, 0.15) is 32.6 Å². The first-order chi connectivity index (χ1) is 13.2. The van der Waals surface area contributed by atoms with Gasteiger partial charge in [0.2, 0.25) is 11.8 Å². The molecule has 2 unspecified atom stereocenters. The second-order valence-electron chi connectivity index (χ2n) is 7.71. The molecule has 1 fully saturated rings. The summed E-state index contributed by atoms with van der Waals surface area (Å²) in [5.74, 6) is -3.74. The molecule has 0 spiro atoms. The first kappa shape index (κ1) is 20.3. The van der Waals surface area contributed by atoms with E-state index in [2.05, 4.69) is 10.6 Å². The predicted molar refractivity (Wildman–Crippen MR) is 103 cm³/mol. The maximum Gasteiger partial charge on any atom is 0.248 e. The quantitative estimate of drug-likeness (QED) is 0.709. The molecule has 0 radical (unpaired) electrons. The topological polar surface area (TPSA) is 67.1 Å². The molecule has 0 aliphatic heterocycles. The monoisotopic (exact) mass is 393 g/mol. The van der Waals surface area contributed by atoms with E-state index in [0.29, 0.717) is 11.4 Å². The first-order valence-corrected chi connectivity index (χ1v) is 9.59. The summed E-state index contributed by atoms with van der Waals surface area (Å²) < 4.78 is 40.4. The van der Waals surface area contributed by atoms with Gasteiger partial charge in [0.25, 0.3) is 0 Å². The fourth-order valence-corrected chi connectivity index (χ4v) is 3.92. The Morgan fingerprint density at radius 2 is 2.00 bits per heavy atom. The second-order valence-corrected chi connectivity index (χ2v) is 7.71. The molecule has 0 heterocycles. The first-order valence-electron chi connectivity index (χ1n) is 9.59. The van der Waals surface area contributed by atoms with Gasteiger partial charge in [0.15, 0.2) is 0 Å². The fraction of sp³-hybridized carbons (Fsp3) is 0.476. The second kappa shape index (κ2) is 8.29. The maximum absolute atomic E-state index is 13.6. The van der Waals surface area contributed by atoms with Gasteiger partial charge in [0.05, 0.1) is 0 Å². The highest BCUT2D eigenvalue weighted by molar-refractivity contribution is 5.86. The van der Waals surface area contributed by atoms with Crippen LogP contribution >= 0.6 is 0 Å². The molecule has 1 amide bonds. The zero-order valence-corrected chi connectivity index (χ0v) is 15.8. The third-order valence-electron chi connectivity index (χ3n) is 5.51. The molecule has 1 saturated carbocycles. The van der Waals surface area contributed by atoms with E-state index < -0.39 is 17.8 Å². The lowest BCUT2D eigenvalue weighted by molar-refractivity contribution is -0.124. The fourth-order valence-electron chi connectivity index (χ4n) is 3.92. The van der Waals surface area contributed by atoms with Crippen LogP contribution in [0.4, 0.5) is 18.9 Å². The van der Waals surface area contributed by atoms with Crippen molar-refractivity contribution in [3.63, 3.8) is 0 Å². The lowest BCUT2D eigenvalue weighted by Gasteiger charge is -2.35. The number of allylic oxidation sites excluding steroid dienone is 3. The molecule has 0 aromatic heterocycles. The van der Waals surface area contributed by atoms with Crippen molar-refractivity contribution < 1.29 is 18.0 Å². The molecule has 3 atom stereocenters. The Morgan fingerprint density at radius 1 is 1.29 bits per heavy atom. The number of nitrogens with one attached hydrogen (secondary N) is 2. The van der Waals surface area contributed by atoms with Crippen molar-refractivity contribution in [1.29, 1.82) is 0 Å². The molecule has 4 nitrogen and oxygen atoms in total. The van der Waals surface area contributed by atoms with Crippen molar-refractivity contribution in [3.8, 4) is 0 Å². The van der Waals surface area contributed by atoms with Gasteiger partial charge >= 0.3 is 0 Å². The standard InChI is InChI=1S/C21H26F3N3O/c1-13-4-2-7-17(25)18(13)19(26-16-6-3-5-14(22)12-16)20(28)27-15-8-10-21(23,24)11-9-15/h2-7,12-13,15,18-19,26H,8-11,25H2,1H3,(H,27,28)/t13?,18?,19-/m0/s1. The Balaban J connectivity index is 1.78. The molecular formula is C21H26F3N3O. The molecule has 0 bridgehead atoms. The molecule has 0 saturated heterocycles. The molecule has 2 aliphatic carbocycles. The number of amides is 1. The minimum absolute atomic E-state index is 0.0162. The Morgan fingerprint density at radius 3 is 2.64 bits per heavy atom. The summed E-state index contributed by atoms with van der Waals surface area (Å²) in [6, 6.07) is 4.81. The van der Waals surface area contributed by atoms with Gasteiger partial charge in [-0.1, -0.05) is 25.1 Å². The van der Waals surface area contributed by atoms with Crippen LogP contribution in [-0.4, -0.2) is 23.9 Å². The van der Waals surface area contributed by atoms with E-state index in [9.17, 15) is 18.0 Å². The zero-order valence-electron chi connectivity index (χ0n) is 15.8. The molecule has 4 N–H and O–H groups in total. The van der Waals surface area contributed by atoms with Crippen LogP contribution in [0, 0.1) is 17.7 Å². The van der Waals surface area contributed by atoms with Gasteiger partial charge in [-0.25, -0.2) is 13.2 Å². The van der Waals surface area contributed by atoms with Crippen molar-refractivity contribution in [2.75, 3.05) is 5.32 Å². The minimum atomic E-state index is -2.66. The van der Waals surface area contributed by atoms with Gasteiger partial charge in [0, 0.05) is 36.2 Å². The Labute approximate surface area is 163 Å². The van der Waals surface area contributed by atoms with Crippen LogP contribution < -0.4 is 16.4 Å². The van der Waals surface area contributed by atoms with Crippen molar-refractivity contribution in [2.24, 2.45) is 17.6 Å². The van der Waals surface area contributed by atoms with Crippen LogP contribution in [0.15, 0.2) is 48.2 Å². The molecule has 7 heteroatoms. The van der Waals surface area contributed by atoms with Gasteiger partial charge in [-0.05, 0) is 43.0 Å². The van der Waals surface area contributed by atoms with Crippen molar-refractivity contribution in [1.82, 2.24) is 5.32 Å². The molecule has 28 heavy (non-hydrogen) atoms. The summed E-state index contributed by atoms with van der Waals surface area (Å²) in [7, 11) is 0. The summed E-state index contributed by atoms with van der Waals surface area (Å²) in [6.45, 7) is 1.95. The summed E-state index contributed by atoms with van der Waals surface area (Å²) >= 11 is 0. The van der Waals surface area contributed by atoms with Crippen LogP contribution in [0.3, 0.4) is 0 Å². The number of hydrogen-bond acceptors (Lipinski definition) is 3. The molecule has 3 rings (SSSR count). The van der Waals surface area contributed by atoms with Gasteiger partial charge in [-0.15, -0.1) is 0 Å². The largest absolute Gasteiger partial charge is 0.402 e. The average molecular weight is 393 g/mol. The van der Waals surface area contributed by atoms with Crippen molar-refractivity contribution >= 4 is 11.6 Å². The minimum Gasteiger partial charge on any atom is -0.402 e. The van der Waals surface area contributed by atoms with Crippen LogP contribution in [-0.2, 0) is 4.79 Å². The number of alkyl halides is 2. The summed E-state index contributed by atoms with van der Waals surface area (Å²) in [6.07, 6.45) is 5.55. The SMILES string of the molecule is CC1C=CC=C(N)C1[C@H](Nc1cccc(F)c1)C(=O)NC1CCC(F)(F)CC1. The highest BCUT2D eigenvalue weighted by atomic mass is 19.3. The number of carbonyl (C=O) groups excluding carboxylic acids is 1. The molecule has 1 aromatic rings. The van der Waals surface area contributed by atoms with Crippen LogP contribution in [0.25, 0.3) is 0 Å². The molecular weight excluding hydrogens is 367 g/mol. The van der Waals surface area contributed by atoms with Gasteiger partial charge in [0.1, 0.15) is 11.9 Å². The normalized spacial score (nSPS) is 25.6. The number of halogens is 3. The van der Waals surface area contributed by atoms with E-state index in [4.69, 9.17) is 5.73 Å². The van der Waals surface area contributed by atoms with E-state index in [0.717, 1.165) is 0 Å². The summed E-state index contributed by atoms with van der Waals surface area (Å²) in [5.41, 5.74) is 7.19. The van der Waals surface area contributed by atoms with Crippen LogP contribution in [0.2, 0.25) is 0 Å². The van der Waals surface area contributed by atoms with E-state index in [-0.39, 0.29) is 49.5 Å². The van der Waals surface area contributed by atoms with E-state index in [1.54, 1.807) is 18.2 Å². The Kier molecular flexibility index (Phi) is 6.01. The number of anilines is 1. The Bertz CT molecular complexity index is 768. The molecule has 1 aromatic carbocycles. The highest BCUT2D eigenvalue weighted by Gasteiger charge is 2.38. The summed E-state index contributed by atoms with van der Waals surface area (Å²) in [5, 5.41) is 6.00. The van der Waals surface area contributed by atoms with Gasteiger partial charge in [-0.3, -0.25) is 4.79 Å². The lowest BCUT2D eigenvalue weighted by atomic mass is 9.80. The highest BCUT2D eigenvalue weighted by Crippen LogP contribution is 2.34. The molecule has 152 valence electrons. The van der Waals surface area contributed by atoms with E-state index in [1.807, 2.05) is 19.1 Å². The predicted octanol–water partition coefficient (Wildman–Crippen LogP) is 3.97. The number of nitrogens with two attached hydrogens (primary N) is 1. The van der Waals surface area contributed by atoms with Crippen molar-refractivity contribution in [3.05, 3.63) is 54.0 Å². The smallest absolute Gasteiger partial charge is 0.248 e. The van der Waals surface area contributed by atoms with Gasteiger partial charge in [-0.2, -0.15) is 0 Å². The zero-order chi connectivity index (χ0) is 20.3. The summed E-state index contributed by atoms with van der Waals surface area (Å²) in [4.78, 5) is 13.1. The van der Waals surface area contributed by atoms with Crippen molar-refractivity contribution in [2.45, 2.75) is 50.6 Å². The third-order valence-corrected chi connectivity index (χ3v) is 5.51. The molecule has 2 aliphatic rings.